The highest BCUT2D eigenvalue weighted by Crippen LogP contribution is 2.29. The largest absolute Gasteiger partial charge is 0.374 e. The van der Waals surface area contributed by atoms with Gasteiger partial charge >= 0.3 is 0 Å². The number of anilines is 3. The SMILES string of the molecule is CC(C)(C)c1cc(NC(=O)CNc2ccccc2N2CCCC2=O)on1. The Morgan fingerprint density at radius 3 is 2.73 bits per heavy atom. The molecule has 0 atom stereocenters. The molecule has 0 aliphatic carbocycles. The van der Waals surface area contributed by atoms with E-state index in [2.05, 4.69) is 15.8 Å². The van der Waals surface area contributed by atoms with Crippen molar-refractivity contribution in [2.75, 3.05) is 28.6 Å². The van der Waals surface area contributed by atoms with Gasteiger partial charge in [0.15, 0.2) is 0 Å². The van der Waals surface area contributed by atoms with Crippen LogP contribution in [0.2, 0.25) is 0 Å². The van der Waals surface area contributed by atoms with Crippen molar-refractivity contribution in [3.63, 3.8) is 0 Å². The molecule has 0 saturated carbocycles. The molecule has 0 spiro atoms. The molecule has 1 fully saturated rings. The maximum Gasteiger partial charge on any atom is 0.246 e. The lowest BCUT2D eigenvalue weighted by Gasteiger charge is -2.20. The van der Waals surface area contributed by atoms with Gasteiger partial charge in [-0.05, 0) is 18.6 Å². The maximum atomic E-state index is 12.2. The maximum absolute atomic E-state index is 12.2. The molecule has 3 rings (SSSR count). The fraction of sp³-hybridized carbons (Fsp3) is 0.421. The number of amides is 2. The molecule has 1 aromatic heterocycles. The van der Waals surface area contributed by atoms with Crippen molar-refractivity contribution in [2.45, 2.75) is 39.0 Å². The topological polar surface area (TPSA) is 87.5 Å². The molecule has 7 heteroatoms. The number of nitrogens with one attached hydrogen (secondary N) is 2. The smallest absolute Gasteiger partial charge is 0.246 e. The molecule has 2 amide bonds. The van der Waals surface area contributed by atoms with Crippen molar-refractivity contribution in [1.29, 1.82) is 0 Å². The fourth-order valence-electron chi connectivity index (χ4n) is 2.81. The summed E-state index contributed by atoms with van der Waals surface area (Å²) in [6.07, 6.45) is 1.42. The third kappa shape index (κ3) is 4.04. The number of carbonyl (C=O) groups is 2. The average Bonchev–Trinajstić information content (AvgIpc) is 3.22. The number of hydrogen-bond acceptors (Lipinski definition) is 5. The number of aromatic nitrogens is 1. The minimum absolute atomic E-state index is 0.0601. The van der Waals surface area contributed by atoms with Crippen molar-refractivity contribution in [1.82, 2.24) is 5.16 Å². The monoisotopic (exact) mass is 356 g/mol. The molecule has 0 radical (unpaired) electrons. The van der Waals surface area contributed by atoms with Crippen molar-refractivity contribution < 1.29 is 14.1 Å². The molecule has 0 unspecified atom stereocenters. The normalized spacial score (nSPS) is 14.6. The van der Waals surface area contributed by atoms with E-state index < -0.39 is 0 Å². The van der Waals surface area contributed by atoms with E-state index in [1.54, 1.807) is 11.0 Å². The summed E-state index contributed by atoms with van der Waals surface area (Å²) in [7, 11) is 0. The van der Waals surface area contributed by atoms with Crippen LogP contribution in [0.5, 0.6) is 0 Å². The highest BCUT2D eigenvalue weighted by atomic mass is 16.5. The zero-order valence-corrected chi connectivity index (χ0v) is 15.3. The van der Waals surface area contributed by atoms with E-state index in [4.69, 9.17) is 4.52 Å². The van der Waals surface area contributed by atoms with Gasteiger partial charge in [0.1, 0.15) is 0 Å². The Labute approximate surface area is 152 Å². The standard InChI is InChI=1S/C19H24N4O3/c1-19(2,3)15-11-17(26-22-15)21-16(24)12-20-13-7-4-5-8-14(13)23-10-6-9-18(23)25/h4-5,7-8,11,20H,6,9-10,12H2,1-3H3,(H,21,24). The van der Waals surface area contributed by atoms with E-state index in [1.807, 2.05) is 45.0 Å². The first-order valence-corrected chi connectivity index (χ1v) is 8.75. The minimum atomic E-state index is -0.246. The van der Waals surface area contributed by atoms with Crippen LogP contribution < -0.4 is 15.5 Å². The highest BCUT2D eigenvalue weighted by molar-refractivity contribution is 5.99. The Hall–Kier alpha value is -2.83. The number of rotatable bonds is 5. The Morgan fingerprint density at radius 1 is 1.31 bits per heavy atom. The van der Waals surface area contributed by atoms with Gasteiger partial charge in [0.2, 0.25) is 17.7 Å². The summed E-state index contributed by atoms with van der Waals surface area (Å²) in [6.45, 7) is 6.83. The summed E-state index contributed by atoms with van der Waals surface area (Å²) in [6, 6.07) is 9.23. The van der Waals surface area contributed by atoms with Gasteiger partial charge in [-0.15, -0.1) is 0 Å². The molecule has 26 heavy (non-hydrogen) atoms. The predicted molar refractivity (Wildman–Crippen MR) is 100 cm³/mol. The molecule has 1 aromatic carbocycles. The summed E-state index contributed by atoms with van der Waals surface area (Å²) in [5, 5.41) is 9.77. The molecule has 1 aliphatic rings. The molecule has 7 nitrogen and oxygen atoms in total. The van der Waals surface area contributed by atoms with Crippen LogP contribution in [0.15, 0.2) is 34.9 Å². The number of para-hydroxylation sites is 2. The summed E-state index contributed by atoms with van der Waals surface area (Å²) in [5.74, 6) is 0.189. The number of nitrogens with zero attached hydrogens (tertiary/aromatic N) is 2. The first-order valence-electron chi connectivity index (χ1n) is 8.75. The second-order valence-corrected chi connectivity index (χ2v) is 7.39. The van der Waals surface area contributed by atoms with Crippen molar-refractivity contribution in [2.24, 2.45) is 0 Å². The Bertz CT molecular complexity index is 807. The molecule has 2 N–H and O–H groups in total. The first kappa shape index (κ1) is 18.0. The van der Waals surface area contributed by atoms with Gasteiger partial charge in [0.25, 0.3) is 0 Å². The van der Waals surface area contributed by atoms with E-state index in [9.17, 15) is 9.59 Å². The van der Waals surface area contributed by atoms with Crippen LogP contribution in [0.1, 0.15) is 39.3 Å². The van der Waals surface area contributed by atoms with E-state index in [0.717, 1.165) is 23.5 Å². The van der Waals surface area contributed by atoms with Crippen LogP contribution >= 0.6 is 0 Å². The molecular formula is C19H24N4O3. The van der Waals surface area contributed by atoms with E-state index in [0.29, 0.717) is 18.8 Å². The number of benzene rings is 1. The molecular weight excluding hydrogens is 332 g/mol. The molecule has 2 aromatic rings. The lowest BCUT2D eigenvalue weighted by atomic mass is 9.92. The van der Waals surface area contributed by atoms with Crippen LogP contribution in [0.3, 0.4) is 0 Å². The lowest BCUT2D eigenvalue weighted by Crippen LogP contribution is -2.26. The molecule has 138 valence electrons. The predicted octanol–water partition coefficient (Wildman–Crippen LogP) is 3.15. The third-order valence-electron chi connectivity index (χ3n) is 4.25. The summed E-state index contributed by atoms with van der Waals surface area (Å²) >= 11 is 0. The van der Waals surface area contributed by atoms with Crippen molar-refractivity contribution >= 4 is 29.1 Å². The fourth-order valence-corrected chi connectivity index (χ4v) is 2.81. The lowest BCUT2D eigenvalue weighted by molar-refractivity contribution is -0.117. The van der Waals surface area contributed by atoms with E-state index >= 15 is 0 Å². The Morgan fingerprint density at radius 2 is 2.08 bits per heavy atom. The van der Waals surface area contributed by atoms with Crippen LogP contribution in [-0.2, 0) is 15.0 Å². The minimum Gasteiger partial charge on any atom is -0.374 e. The van der Waals surface area contributed by atoms with Gasteiger partial charge in [-0.2, -0.15) is 0 Å². The molecule has 0 bridgehead atoms. The van der Waals surface area contributed by atoms with Crippen LogP contribution in [0.4, 0.5) is 17.3 Å². The van der Waals surface area contributed by atoms with Gasteiger partial charge in [0, 0.05) is 24.4 Å². The number of hydrogen-bond donors (Lipinski definition) is 2. The summed E-state index contributed by atoms with van der Waals surface area (Å²) in [4.78, 5) is 25.9. The molecule has 1 saturated heterocycles. The van der Waals surface area contributed by atoms with Crippen LogP contribution in [-0.4, -0.2) is 30.1 Å². The zero-order chi connectivity index (χ0) is 18.7. The Kier molecular flexibility index (Phi) is 4.97. The van der Waals surface area contributed by atoms with Crippen molar-refractivity contribution in [3.8, 4) is 0 Å². The van der Waals surface area contributed by atoms with E-state index in [1.165, 1.54) is 0 Å². The Balaban J connectivity index is 1.62. The highest BCUT2D eigenvalue weighted by Gasteiger charge is 2.24. The van der Waals surface area contributed by atoms with Gasteiger partial charge in [-0.3, -0.25) is 14.9 Å². The van der Waals surface area contributed by atoms with E-state index in [-0.39, 0.29) is 23.8 Å². The zero-order valence-electron chi connectivity index (χ0n) is 15.3. The van der Waals surface area contributed by atoms with Crippen molar-refractivity contribution in [3.05, 3.63) is 36.0 Å². The average molecular weight is 356 g/mol. The summed E-state index contributed by atoms with van der Waals surface area (Å²) < 4.78 is 5.17. The quantitative estimate of drug-likeness (QED) is 0.859. The summed E-state index contributed by atoms with van der Waals surface area (Å²) in [5.41, 5.74) is 2.19. The van der Waals surface area contributed by atoms with Gasteiger partial charge < -0.3 is 14.7 Å². The van der Waals surface area contributed by atoms with Gasteiger partial charge in [-0.25, -0.2) is 0 Å². The third-order valence-corrected chi connectivity index (χ3v) is 4.25. The number of carbonyl (C=O) groups excluding carboxylic acids is 2. The van der Waals surface area contributed by atoms with Gasteiger partial charge in [-0.1, -0.05) is 38.1 Å². The second-order valence-electron chi connectivity index (χ2n) is 7.39. The first-order chi connectivity index (χ1) is 12.3. The molecule has 2 heterocycles. The molecule has 1 aliphatic heterocycles. The second kappa shape index (κ2) is 7.19. The van der Waals surface area contributed by atoms with Gasteiger partial charge in [0.05, 0.1) is 23.6 Å². The van der Waals surface area contributed by atoms with Crippen LogP contribution in [0.25, 0.3) is 0 Å². The van der Waals surface area contributed by atoms with Crippen LogP contribution in [0, 0.1) is 0 Å².